The van der Waals surface area contributed by atoms with Gasteiger partial charge in [-0.2, -0.15) is 17.0 Å². The van der Waals surface area contributed by atoms with E-state index < -0.39 is 10.2 Å². The molecule has 0 aromatic heterocycles. The van der Waals surface area contributed by atoms with Crippen molar-refractivity contribution in [1.29, 1.82) is 0 Å². The van der Waals surface area contributed by atoms with Crippen LogP contribution in [0.15, 0.2) is 0 Å². The van der Waals surface area contributed by atoms with E-state index in [2.05, 4.69) is 12.2 Å². The number of piperidine rings is 2. The molecule has 1 N–H and O–H groups in total. The van der Waals surface area contributed by atoms with E-state index in [1.807, 2.05) is 0 Å². The van der Waals surface area contributed by atoms with Gasteiger partial charge in [0.05, 0.1) is 0 Å². The number of halogens is 1. The Labute approximate surface area is 141 Å². The summed E-state index contributed by atoms with van der Waals surface area (Å²) in [5.74, 6) is 1.16. The van der Waals surface area contributed by atoms with Gasteiger partial charge in [-0.15, -0.1) is 12.4 Å². The van der Waals surface area contributed by atoms with E-state index in [1.165, 1.54) is 12.8 Å². The highest BCUT2D eigenvalue weighted by molar-refractivity contribution is 7.86. The summed E-state index contributed by atoms with van der Waals surface area (Å²) in [7, 11) is -3.22. The van der Waals surface area contributed by atoms with Crippen LogP contribution in [0.3, 0.4) is 0 Å². The Morgan fingerprint density at radius 3 is 2.27 bits per heavy atom. The minimum Gasteiger partial charge on any atom is -0.314 e. The molecule has 22 heavy (non-hydrogen) atoms. The molecule has 3 saturated heterocycles. The van der Waals surface area contributed by atoms with Crippen LogP contribution in [-0.2, 0) is 10.2 Å². The highest BCUT2D eigenvalue weighted by atomic mass is 35.5. The summed E-state index contributed by atoms with van der Waals surface area (Å²) in [6.45, 7) is 6.10. The molecule has 0 aliphatic carbocycles. The summed E-state index contributed by atoms with van der Waals surface area (Å²) >= 11 is 0. The molecule has 0 amide bonds. The summed E-state index contributed by atoms with van der Waals surface area (Å²) in [6, 6.07) is 0.630. The van der Waals surface area contributed by atoms with Crippen molar-refractivity contribution < 1.29 is 8.42 Å². The lowest BCUT2D eigenvalue weighted by Crippen LogP contribution is -2.51. The second-order valence-electron chi connectivity index (χ2n) is 7.05. The molecule has 2 unspecified atom stereocenters. The molecule has 0 aromatic carbocycles. The normalized spacial score (nSPS) is 32.8. The van der Waals surface area contributed by atoms with Gasteiger partial charge in [-0.25, -0.2) is 0 Å². The lowest BCUT2D eigenvalue weighted by atomic mass is 9.89. The van der Waals surface area contributed by atoms with Crippen molar-refractivity contribution in [2.24, 2.45) is 11.8 Å². The van der Waals surface area contributed by atoms with Crippen LogP contribution in [0.4, 0.5) is 0 Å². The van der Waals surface area contributed by atoms with Gasteiger partial charge in [0, 0.05) is 32.2 Å². The first-order valence-corrected chi connectivity index (χ1v) is 9.95. The van der Waals surface area contributed by atoms with Gasteiger partial charge >= 0.3 is 0 Å². The zero-order chi connectivity index (χ0) is 14.9. The minimum absolute atomic E-state index is 0. The molecule has 0 radical (unpaired) electrons. The second-order valence-corrected chi connectivity index (χ2v) is 8.98. The van der Waals surface area contributed by atoms with Gasteiger partial charge in [0.2, 0.25) is 0 Å². The molecular formula is C15H30ClN3O2S. The van der Waals surface area contributed by atoms with Gasteiger partial charge in [0.15, 0.2) is 0 Å². The summed E-state index contributed by atoms with van der Waals surface area (Å²) in [4.78, 5) is 0. The van der Waals surface area contributed by atoms with Gasteiger partial charge in [0.1, 0.15) is 0 Å². The van der Waals surface area contributed by atoms with Crippen molar-refractivity contribution >= 4 is 22.6 Å². The van der Waals surface area contributed by atoms with E-state index in [0.717, 1.165) is 32.2 Å². The third-order valence-electron chi connectivity index (χ3n) is 5.44. The molecule has 130 valence electrons. The molecule has 3 heterocycles. The van der Waals surface area contributed by atoms with Crippen LogP contribution < -0.4 is 5.32 Å². The number of nitrogens with one attached hydrogen (secondary N) is 1. The zero-order valence-electron chi connectivity index (χ0n) is 13.5. The number of hydrogen-bond donors (Lipinski definition) is 1. The average Bonchev–Trinajstić information content (AvgIpc) is 3.02. The third kappa shape index (κ3) is 3.96. The summed E-state index contributed by atoms with van der Waals surface area (Å²) in [5, 5.41) is 3.57. The van der Waals surface area contributed by atoms with E-state index in [-0.39, 0.29) is 12.4 Å². The molecule has 3 aliphatic heterocycles. The Balaban J connectivity index is 0.00000176. The maximum Gasteiger partial charge on any atom is 0.281 e. The Kier molecular flexibility index (Phi) is 6.54. The van der Waals surface area contributed by atoms with Gasteiger partial charge in [0.25, 0.3) is 10.2 Å². The number of rotatable bonds is 3. The first-order chi connectivity index (χ1) is 10.1. The quantitative estimate of drug-likeness (QED) is 0.844. The monoisotopic (exact) mass is 351 g/mol. The van der Waals surface area contributed by atoms with E-state index in [4.69, 9.17) is 0 Å². The van der Waals surface area contributed by atoms with Crippen molar-refractivity contribution in [3.8, 4) is 0 Å². The summed E-state index contributed by atoms with van der Waals surface area (Å²) in [5.41, 5.74) is 0. The first kappa shape index (κ1) is 18.5. The highest BCUT2D eigenvalue weighted by Crippen LogP contribution is 2.28. The van der Waals surface area contributed by atoms with Gasteiger partial charge < -0.3 is 5.32 Å². The fourth-order valence-corrected chi connectivity index (χ4v) is 5.94. The SMILES string of the molecule is CC1CCCN(S(=O)(=O)N2CCC(C3CCCN3)CC2)C1.Cl. The molecule has 0 spiro atoms. The van der Waals surface area contributed by atoms with Crippen molar-refractivity contribution in [2.75, 3.05) is 32.7 Å². The topological polar surface area (TPSA) is 52.7 Å². The van der Waals surface area contributed by atoms with Crippen molar-refractivity contribution in [3.63, 3.8) is 0 Å². The lowest BCUT2D eigenvalue weighted by molar-refractivity contribution is 0.208. The van der Waals surface area contributed by atoms with E-state index in [9.17, 15) is 8.42 Å². The molecule has 5 nitrogen and oxygen atoms in total. The Bertz CT molecular complexity index is 446. The summed E-state index contributed by atoms with van der Waals surface area (Å²) in [6.07, 6.45) is 6.72. The molecule has 0 aromatic rings. The van der Waals surface area contributed by atoms with Gasteiger partial charge in [-0.3, -0.25) is 0 Å². The first-order valence-electron chi connectivity index (χ1n) is 8.56. The van der Waals surface area contributed by atoms with E-state index >= 15 is 0 Å². The second kappa shape index (κ2) is 7.79. The van der Waals surface area contributed by atoms with Crippen LogP contribution in [-0.4, -0.2) is 55.8 Å². The Hall–Kier alpha value is 0.120. The molecule has 0 bridgehead atoms. The predicted molar refractivity (Wildman–Crippen MR) is 91.5 cm³/mol. The smallest absolute Gasteiger partial charge is 0.281 e. The maximum absolute atomic E-state index is 12.8. The van der Waals surface area contributed by atoms with Crippen molar-refractivity contribution in [2.45, 2.75) is 51.5 Å². The van der Waals surface area contributed by atoms with Crippen LogP contribution in [0.5, 0.6) is 0 Å². The number of nitrogens with zero attached hydrogens (tertiary/aromatic N) is 2. The van der Waals surface area contributed by atoms with Gasteiger partial charge in [-0.05, 0) is 56.9 Å². The van der Waals surface area contributed by atoms with Crippen LogP contribution in [0, 0.1) is 11.8 Å². The van der Waals surface area contributed by atoms with Crippen LogP contribution in [0.2, 0.25) is 0 Å². The molecule has 2 atom stereocenters. The molecule has 7 heteroatoms. The average molecular weight is 352 g/mol. The van der Waals surface area contributed by atoms with E-state index in [0.29, 0.717) is 44.1 Å². The lowest BCUT2D eigenvalue weighted by Gasteiger charge is -2.38. The van der Waals surface area contributed by atoms with Gasteiger partial charge in [-0.1, -0.05) is 6.92 Å². The van der Waals surface area contributed by atoms with Crippen molar-refractivity contribution in [1.82, 2.24) is 13.9 Å². The van der Waals surface area contributed by atoms with Crippen LogP contribution in [0.25, 0.3) is 0 Å². The molecular weight excluding hydrogens is 322 g/mol. The largest absolute Gasteiger partial charge is 0.314 e. The highest BCUT2D eigenvalue weighted by Gasteiger charge is 2.36. The summed E-state index contributed by atoms with van der Waals surface area (Å²) < 4.78 is 29.0. The fraction of sp³-hybridized carbons (Fsp3) is 1.00. The van der Waals surface area contributed by atoms with Crippen LogP contribution >= 0.6 is 12.4 Å². The van der Waals surface area contributed by atoms with Crippen LogP contribution in [0.1, 0.15) is 45.4 Å². The Morgan fingerprint density at radius 2 is 1.68 bits per heavy atom. The standard InChI is InChI=1S/C15H29N3O2S.ClH/c1-13-4-3-9-18(12-13)21(19,20)17-10-6-14(7-11-17)15-5-2-8-16-15;/h13-16H,2-12H2,1H3;1H. The fourth-order valence-electron chi connectivity index (χ4n) is 4.14. The predicted octanol–water partition coefficient (Wildman–Crippen LogP) is 1.85. The van der Waals surface area contributed by atoms with E-state index in [1.54, 1.807) is 8.61 Å². The molecule has 3 aliphatic rings. The number of hydrogen-bond acceptors (Lipinski definition) is 3. The molecule has 3 fully saturated rings. The zero-order valence-corrected chi connectivity index (χ0v) is 15.2. The van der Waals surface area contributed by atoms with Crippen molar-refractivity contribution in [3.05, 3.63) is 0 Å². The maximum atomic E-state index is 12.8. The molecule has 0 saturated carbocycles. The third-order valence-corrected chi connectivity index (χ3v) is 7.44. The minimum atomic E-state index is -3.22. The Morgan fingerprint density at radius 1 is 0.955 bits per heavy atom. The molecule has 3 rings (SSSR count).